The third kappa shape index (κ3) is 2.83. The maximum absolute atomic E-state index is 12.7. The summed E-state index contributed by atoms with van der Waals surface area (Å²) in [4.78, 5) is 23.3. The van der Waals surface area contributed by atoms with Gasteiger partial charge in [-0.25, -0.2) is 0 Å². The van der Waals surface area contributed by atoms with Crippen molar-refractivity contribution in [1.82, 2.24) is 0 Å². The van der Waals surface area contributed by atoms with Crippen molar-refractivity contribution in [3.63, 3.8) is 0 Å². The number of hydrogen-bond donors (Lipinski definition) is 0. The van der Waals surface area contributed by atoms with Crippen LogP contribution in [0, 0.1) is 0 Å². The molecule has 23 heavy (non-hydrogen) atoms. The molecule has 2 heterocycles. The van der Waals surface area contributed by atoms with Crippen molar-refractivity contribution in [1.29, 1.82) is 0 Å². The lowest BCUT2D eigenvalue weighted by atomic mass is 10.1. The fourth-order valence-corrected chi connectivity index (χ4v) is 2.28. The lowest BCUT2D eigenvalue weighted by molar-refractivity contribution is -0.307. The zero-order valence-electron chi connectivity index (χ0n) is 12.3. The first-order valence-electron chi connectivity index (χ1n) is 7.06. The Labute approximate surface area is 130 Å². The second kappa shape index (κ2) is 6.00. The van der Waals surface area contributed by atoms with Crippen LogP contribution in [0.15, 0.2) is 50.2 Å². The van der Waals surface area contributed by atoms with Gasteiger partial charge < -0.3 is 23.5 Å². The highest BCUT2D eigenvalue weighted by Crippen LogP contribution is 2.31. The van der Waals surface area contributed by atoms with Crippen LogP contribution in [0.4, 0.5) is 0 Å². The van der Waals surface area contributed by atoms with Crippen molar-refractivity contribution in [2.75, 3.05) is 6.61 Å². The first-order valence-corrected chi connectivity index (χ1v) is 7.06. The van der Waals surface area contributed by atoms with Gasteiger partial charge in [-0.15, -0.1) is 0 Å². The van der Waals surface area contributed by atoms with E-state index in [-0.39, 0.29) is 17.3 Å². The molecule has 0 amide bonds. The molecular formula is C17H13O6-. The highest BCUT2D eigenvalue weighted by atomic mass is 16.5. The second-order valence-corrected chi connectivity index (χ2v) is 4.91. The van der Waals surface area contributed by atoms with E-state index in [0.717, 1.165) is 12.0 Å². The molecular weight excluding hydrogens is 300 g/mol. The average Bonchev–Trinajstić information content (AvgIpc) is 3.07. The summed E-state index contributed by atoms with van der Waals surface area (Å²) in [5.74, 6) is -1.31. The van der Waals surface area contributed by atoms with Crippen LogP contribution in [0.1, 0.15) is 12.5 Å². The van der Waals surface area contributed by atoms with Gasteiger partial charge in [0.25, 0.3) is 0 Å². The topological polar surface area (TPSA) is 92.7 Å². The molecule has 0 saturated carbocycles. The molecule has 3 aromatic rings. The molecule has 0 spiro atoms. The Morgan fingerprint density at radius 3 is 2.78 bits per heavy atom. The minimum atomic E-state index is -1.43. The highest BCUT2D eigenvalue weighted by Gasteiger charge is 2.19. The number of hydrogen-bond acceptors (Lipinski definition) is 6. The molecule has 0 atom stereocenters. The van der Waals surface area contributed by atoms with Crippen molar-refractivity contribution >= 4 is 16.9 Å². The van der Waals surface area contributed by atoms with Crippen molar-refractivity contribution in [2.24, 2.45) is 0 Å². The molecule has 0 radical (unpaired) electrons. The van der Waals surface area contributed by atoms with E-state index in [1.54, 1.807) is 24.3 Å². The number of benzene rings is 1. The van der Waals surface area contributed by atoms with E-state index in [2.05, 4.69) is 0 Å². The molecule has 2 aromatic heterocycles. The minimum absolute atomic E-state index is 0.0537. The van der Waals surface area contributed by atoms with E-state index in [1.165, 1.54) is 6.26 Å². The Morgan fingerprint density at radius 2 is 2.13 bits per heavy atom. The van der Waals surface area contributed by atoms with Crippen LogP contribution in [0.3, 0.4) is 0 Å². The van der Waals surface area contributed by atoms with Gasteiger partial charge in [0.15, 0.2) is 5.76 Å². The van der Waals surface area contributed by atoms with Crippen LogP contribution in [0.25, 0.3) is 22.5 Å². The van der Waals surface area contributed by atoms with Gasteiger partial charge in [-0.1, -0.05) is 13.0 Å². The fraction of sp³-hybridized carbons (Fsp3) is 0.176. The Bertz CT molecular complexity index is 905. The van der Waals surface area contributed by atoms with Crippen LogP contribution in [0.5, 0.6) is 5.75 Å². The number of aryl methyl sites for hydroxylation is 1. The molecule has 6 nitrogen and oxygen atoms in total. The molecule has 0 aliphatic rings. The Kier molecular flexibility index (Phi) is 3.89. The van der Waals surface area contributed by atoms with Gasteiger partial charge in [0.05, 0.1) is 17.6 Å². The van der Waals surface area contributed by atoms with Gasteiger partial charge >= 0.3 is 0 Å². The number of carboxylic acid groups (broad SMARTS) is 1. The number of furan rings is 1. The molecule has 0 N–H and O–H groups in total. The van der Waals surface area contributed by atoms with E-state index < -0.39 is 18.0 Å². The normalized spacial score (nSPS) is 10.8. The molecule has 118 valence electrons. The molecule has 0 bridgehead atoms. The SMILES string of the molecule is CCc1ccc2oc(-c3ccco3)c(OCC(=O)[O-])c(=O)c2c1. The van der Waals surface area contributed by atoms with Gasteiger partial charge in [0, 0.05) is 0 Å². The Balaban J connectivity index is 2.25. The number of fused-ring (bicyclic) bond motifs is 1. The molecule has 6 heteroatoms. The van der Waals surface area contributed by atoms with Crippen LogP contribution in [-0.2, 0) is 11.2 Å². The van der Waals surface area contributed by atoms with Crippen molar-refractivity contribution in [2.45, 2.75) is 13.3 Å². The van der Waals surface area contributed by atoms with Crippen LogP contribution >= 0.6 is 0 Å². The van der Waals surface area contributed by atoms with E-state index in [1.807, 2.05) is 13.0 Å². The maximum Gasteiger partial charge on any atom is 0.235 e. The summed E-state index contributed by atoms with van der Waals surface area (Å²) in [5, 5.41) is 11.0. The Hall–Kier alpha value is -3.02. The quantitative estimate of drug-likeness (QED) is 0.712. The van der Waals surface area contributed by atoms with E-state index >= 15 is 0 Å². The Morgan fingerprint density at radius 1 is 1.30 bits per heavy atom. The summed E-state index contributed by atoms with van der Waals surface area (Å²) in [6.07, 6.45) is 2.17. The predicted molar refractivity (Wildman–Crippen MR) is 80.1 cm³/mol. The number of rotatable bonds is 5. The van der Waals surface area contributed by atoms with Gasteiger partial charge in [0.2, 0.25) is 16.9 Å². The standard InChI is InChI=1S/C17H14O6/c1-2-10-5-6-12-11(8-10)15(20)17(22-9-14(18)19)16(23-12)13-4-3-7-21-13/h3-8H,2,9H2,1H3,(H,18,19)/p-1. The summed E-state index contributed by atoms with van der Waals surface area (Å²) < 4.78 is 16.1. The fourth-order valence-electron chi connectivity index (χ4n) is 2.28. The summed E-state index contributed by atoms with van der Waals surface area (Å²) in [5.41, 5.74) is 0.884. The molecule has 0 unspecified atom stereocenters. The van der Waals surface area contributed by atoms with Gasteiger partial charge in [-0.2, -0.15) is 0 Å². The van der Waals surface area contributed by atoms with E-state index in [9.17, 15) is 14.7 Å². The van der Waals surface area contributed by atoms with E-state index in [0.29, 0.717) is 11.0 Å². The van der Waals surface area contributed by atoms with E-state index in [4.69, 9.17) is 13.6 Å². The second-order valence-electron chi connectivity index (χ2n) is 4.91. The molecule has 1 aromatic carbocycles. The largest absolute Gasteiger partial charge is 0.546 e. The first-order chi connectivity index (χ1) is 11.1. The molecule has 3 rings (SSSR count). The average molecular weight is 313 g/mol. The van der Waals surface area contributed by atoms with Gasteiger partial charge in [-0.3, -0.25) is 4.79 Å². The minimum Gasteiger partial charge on any atom is -0.546 e. The maximum atomic E-state index is 12.7. The third-order valence-electron chi connectivity index (χ3n) is 3.40. The zero-order valence-corrected chi connectivity index (χ0v) is 12.3. The number of carboxylic acids is 1. The monoisotopic (exact) mass is 313 g/mol. The smallest absolute Gasteiger partial charge is 0.235 e. The summed E-state index contributed by atoms with van der Waals surface area (Å²) in [6.45, 7) is 1.21. The predicted octanol–water partition coefficient (Wildman–Crippen LogP) is 1.74. The highest BCUT2D eigenvalue weighted by molar-refractivity contribution is 5.82. The third-order valence-corrected chi connectivity index (χ3v) is 3.40. The van der Waals surface area contributed by atoms with Crippen LogP contribution < -0.4 is 15.3 Å². The molecule has 0 aliphatic heterocycles. The number of aliphatic carboxylic acids is 1. The number of carbonyl (C=O) groups is 1. The molecule has 0 saturated heterocycles. The zero-order chi connectivity index (χ0) is 16.4. The summed E-state index contributed by atoms with van der Waals surface area (Å²) in [6, 6.07) is 8.49. The molecule has 0 aliphatic carbocycles. The van der Waals surface area contributed by atoms with Crippen molar-refractivity contribution in [3.8, 4) is 17.3 Å². The number of ether oxygens (including phenoxy) is 1. The lowest BCUT2D eigenvalue weighted by Gasteiger charge is -2.11. The van der Waals surface area contributed by atoms with Crippen molar-refractivity contribution < 1.29 is 23.5 Å². The van der Waals surface area contributed by atoms with Gasteiger partial charge in [0.1, 0.15) is 12.2 Å². The van der Waals surface area contributed by atoms with Crippen LogP contribution in [-0.4, -0.2) is 12.6 Å². The molecule has 0 fully saturated rings. The summed E-state index contributed by atoms with van der Waals surface area (Å²) in [7, 11) is 0. The first kappa shape index (κ1) is 14.9. The van der Waals surface area contributed by atoms with Crippen molar-refractivity contribution in [3.05, 3.63) is 52.4 Å². The van der Waals surface area contributed by atoms with Gasteiger partial charge in [-0.05, 0) is 36.2 Å². The summed E-state index contributed by atoms with van der Waals surface area (Å²) >= 11 is 0. The lowest BCUT2D eigenvalue weighted by Crippen LogP contribution is -2.30. The van der Waals surface area contributed by atoms with Crippen LogP contribution in [0.2, 0.25) is 0 Å². The number of carbonyl (C=O) groups excluding carboxylic acids is 1.